The predicted molar refractivity (Wildman–Crippen MR) is 56.2 cm³/mol. The van der Waals surface area contributed by atoms with Crippen LogP contribution in [0.5, 0.6) is 0 Å². The van der Waals surface area contributed by atoms with Gasteiger partial charge in [-0.2, -0.15) is 0 Å². The van der Waals surface area contributed by atoms with Crippen LogP contribution in [0.2, 0.25) is 0 Å². The highest BCUT2D eigenvalue weighted by Gasteiger charge is 2.13. The number of hydrogen-bond donors (Lipinski definition) is 3. The van der Waals surface area contributed by atoms with Gasteiger partial charge in [0.2, 0.25) is 0 Å². The number of carboxylic acids is 1. The van der Waals surface area contributed by atoms with Crippen molar-refractivity contribution in [3.8, 4) is 0 Å². The molecule has 0 radical (unpaired) electrons. The fraction of sp³-hybridized carbons (Fsp3) is 0.300. The second-order valence-corrected chi connectivity index (χ2v) is 3.07. The van der Waals surface area contributed by atoms with E-state index in [-0.39, 0.29) is 0 Å². The van der Waals surface area contributed by atoms with Crippen LogP contribution in [0.1, 0.15) is 13.3 Å². The predicted octanol–water partition coefficient (Wildman–Crippen LogP) is 1.54. The van der Waals surface area contributed by atoms with Crippen LogP contribution in [0.4, 0.5) is 11.4 Å². The number of aliphatic carboxylic acids is 1. The van der Waals surface area contributed by atoms with Crippen molar-refractivity contribution >= 4 is 17.3 Å². The summed E-state index contributed by atoms with van der Waals surface area (Å²) in [6.45, 7) is 1.82. The first kappa shape index (κ1) is 10.4. The standard InChI is InChI=1S/C10H14N2O2/c1-2-9(10(13)14)12-8-5-3-4-7(11)6-8/h3-6,9,12H,2,11H2,1H3,(H,13,14)/t9-/m1/s1. The zero-order valence-electron chi connectivity index (χ0n) is 8.03. The molecule has 1 aromatic carbocycles. The minimum atomic E-state index is -0.852. The maximum absolute atomic E-state index is 10.7. The average Bonchev–Trinajstić information content (AvgIpc) is 2.14. The van der Waals surface area contributed by atoms with Crippen molar-refractivity contribution in [3.63, 3.8) is 0 Å². The number of carbonyl (C=O) groups is 1. The molecule has 0 aliphatic heterocycles. The number of nitrogens with one attached hydrogen (secondary N) is 1. The lowest BCUT2D eigenvalue weighted by Crippen LogP contribution is -2.28. The summed E-state index contributed by atoms with van der Waals surface area (Å²) in [5, 5.41) is 11.7. The summed E-state index contributed by atoms with van der Waals surface area (Å²) < 4.78 is 0. The van der Waals surface area contributed by atoms with Gasteiger partial charge < -0.3 is 16.2 Å². The Balaban J connectivity index is 2.72. The van der Waals surface area contributed by atoms with Crippen LogP contribution < -0.4 is 11.1 Å². The molecule has 0 amide bonds. The second-order valence-electron chi connectivity index (χ2n) is 3.07. The minimum absolute atomic E-state index is 0.532. The first-order valence-corrected chi connectivity index (χ1v) is 4.48. The van der Waals surface area contributed by atoms with E-state index in [1.54, 1.807) is 24.3 Å². The summed E-state index contributed by atoms with van der Waals surface area (Å²) in [6, 6.07) is 6.49. The highest BCUT2D eigenvalue weighted by atomic mass is 16.4. The lowest BCUT2D eigenvalue weighted by atomic mass is 10.2. The molecule has 0 aliphatic carbocycles. The molecule has 4 N–H and O–H groups in total. The Hall–Kier alpha value is -1.71. The van der Waals surface area contributed by atoms with Crippen LogP contribution in [0, 0.1) is 0 Å². The zero-order chi connectivity index (χ0) is 10.6. The highest BCUT2D eigenvalue weighted by molar-refractivity contribution is 5.77. The van der Waals surface area contributed by atoms with E-state index in [1.807, 2.05) is 6.92 Å². The number of nitrogen functional groups attached to an aromatic ring is 1. The Morgan fingerprint density at radius 2 is 2.36 bits per heavy atom. The van der Waals surface area contributed by atoms with Crippen LogP contribution in [0.25, 0.3) is 0 Å². The molecular weight excluding hydrogens is 180 g/mol. The third kappa shape index (κ3) is 2.65. The van der Waals surface area contributed by atoms with Gasteiger partial charge in [0.1, 0.15) is 6.04 Å². The maximum atomic E-state index is 10.7. The van der Waals surface area contributed by atoms with Gasteiger partial charge in [-0.3, -0.25) is 0 Å². The third-order valence-electron chi connectivity index (χ3n) is 1.93. The molecule has 4 nitrogen and oxygen atoms in total. The minimum Gasteiger partial charge on any atom is -0.480 e. The van der Waals surface area contributed by atoms with Gasteiger partial charge in [0, 0.05) is 11.4 Å². The molecule has 76 valence electrons. The van der Waals surface area contributed by atoms with Gasteiger partial charge in [0.25, 0.3) is 0 Å². The first-order chi connectivity index (χ1) is 6.63. The van der Waals surface area contributed by atoms with E-state index in [0.717, 1.165) is 5.69 Å². The van der Waals surface area contributed by atoms with Crippen LogP contribution in [0.15, 0.2) is 24.3 Å². The topological polar surface area (TPSA) is 75.3 Å². The normalized spacial score (nSPS) is 12.1. The number of anilines is 2. The molecule has 0 spiro atoms. The lowest BCUT2D eigenvalue weighted by molar-refractivity contribution is -0.137. The molecule has 0 heterocycles. The Kier molecular flexibility index (Phi) is 3.34. The number of hydrogen-bond acceptors (Lipinski definition) is 3. The quantitative estimate of drug-likeness (QED) is 0.635. The lowest BCUT2D eigenvalue weighted by Gasteiger charge is -2.13. The molecule has 4 heteroatoms. The SMILES string of the molecule is CC[C@@H](Nc1cccc(N)c1)C(=O)O. The van der Waals surface area contributed by atoms with E-state index in [1.165, 1.54) is 0 Å². The van der Waals surface area contributed by atoms with E-state index < -0.39 is 12.0 Å². The van der Waals surface area contributed by atoms with Gasteiger partial charge in [0.05, 0.1) is 0 Å². The van der Waals surface area contributed by atoms with E-state index in [4.69, 9.17) is 10.8 Å². The van der Waals surface area contributed by atoms with Crippen molar-refractivity contribution in [3.05, 3.63) is 24.3 Å². The summed E-state index contributed by atoms with van der Waals surface area (Å²) in [7, 11) is 0. The Morgan fingerprint density at radius 3 is 2.86 bits per heavy atom. The molecular formula is C10H14N2O2. The fourth-order valence-electron chi connectivity index (χ4n) is 1.17. The van der Waals surface area contributed by atoms with Crippen molar-refractivity contribution in [2.24, 2.45) is 0 Å². The second kappa shape index (κ2) is 4.50. The third-order valence-corrected chi connectivity index (χ3v) is 1.93. The molecule has 0 unspecified atom stereocenters. The van der Waals surface area contributed by atoms with Crippen molar-refractivity contribution in [2.45, 2.75) is 19.4 Å². The van der Waals surface area contributed by atoms with Gasteiger partial charge in [-0.15, -0.1) is 0 Å². The number of nitrogens with two attached hydrogens (primary N) is 1. The van der Waals surface area contributed by atoms with Crippen molar-refractivity contribution in [1.82, 2.24) is 0 Å². The molecule has 1 atom stereocenters. The van der Waals surface area contributed by atoms with Crippen LogP contribution in [-0.4, -0.2) is 17.1 Å². The molecule has 0 fully saturated rings. The Morgan fingerprint density at radius 1 is 1.64 bits per heavy atom. The molecule has 1 aromatic rings. The van der Waals surface area contributed by atoms with Crippen LogP contribution >= 0.6 is 0 Å². The largest absolute Gasteiger partial charge is 0.480 e. The molecule has 1 rings (SSSR count). The van der Waals surface area contributed by atoms with Gasteiger partial charge in [-0.1, -0.05) is 13.0 Å². The summed E-state index contributed by atoms with van der Waals surface area (Å²) in [5.41, 5.74) is 6.92. The smallest absolute Gasteiger partial charge is 0.326 e. The average molecular weight is 194 g/mol. The Labute approximate surface area is 82.7 Å². The first-order valence-electron chi connectivity index (χ1n) is 4.48. The zero-order valence-corrected chi connectivity index (χ0v) is 8.03. The molecule has 0 aliphatic rings. The molecule has 0 saturated carbocycles. The monoisotopic (exact) mass is 194 g/mol. The van der Waals surface area contributed by atoms with Crippen LogP contribution in [0.3, 0.4) is 0 Å². The Bertz CT molecular complexity index is 326. The van der Waals surface area contributed by atoms with E-state index in [2.05, 4.69) is 5.32 Å². The van der Waals surface area contributed by atoms with E-state index in [0.29, 0.717) is 12.1 Å². The summed E-state index contributed by atoms with van der Waals surface area (Å²) >= 11 is 0. The fourth-order valence-corrected chi connectivity index (χ4v) is 1.17. The number of benzene rings is 1. The van der Waals surface area contributed by atoms with Crippen molar-refractivity contribution in [2.75, 3.05) is 11.1 Å². The van der Waals surface area contributed by atoms with Gasteiger partial charge in [0.15, 0.2) is 0 Å². The number of rotatable bonds is 4. The van der Waals surface area contributed by atoms with E-state index in [9.17, 15) is 4.79 Å². The summed E-state index contributed by atoms with van der Waals surface area (Å²) in [5.74, 6) is -0.852. The van der Waals surface area contributed by atoms with Crippen molar-refractivity contribution in [1.29, 1.82) is 0 Å². The highest BCUT2D eigenvalue weighted by Crippen LogP contribution is 2.13. The van der Waals surface area contributed by atoms with Gasteiger partial charge in [-0.05, 0) is 24.6 Å². The van der Waals surface area contributed by atoms with Crippen molar-refractivity contribution < 1.29 is 9.90 Å². The summed E-state index contributed by atoms with van der Waals surface area (Å²) in [4.78, 5) is 10.7. The van der Waals surface area contributed by atoms with Gasteiger partial charge in [-0.25, -0.2) is 4.79 Å². The van der Waals surface area contributed by atoms with Gasteiger partial charge >= 0.3 is 5.97 Å². The molecule has 0 bridgehead atoms. The molecule has 14 heavy (non-hydrogen) atoms. The van der Waals surface area contributed by atoms with E-state index >= 15 is 0 Å². The molecule has 0 aromatic heterocycles. The van der Waals surface area contributed by atoms with Crippen LogP contribution in [-0.2, 0) is 4.79 Å². The maximum Gasteiger partial charge on any atom is 0.326 e. The molecule has 0 saturated heterocycles. The number of carboxylic acid groups (broad SMARTS) is 1. The summed E-state index contributed by atoms with van der Waals surface area (Å²) in [6.07, 6.45) is 0.532.